The molecule has 0 saturated carbocycles. The number of hydrogen-bond acceptors (Lipinski definition) is 3. The Balaban J connectivity index is 2.25. The quantitative estimate of drug-likeness (QED) is 0.765. The minimum Gasteiger partial charge on any atom is -0.372 e. The van der Waals surface area contributed by atoms with Gasteiger partial charge in [-0.05, 0) is 37.1 Å². The second-order valence-electron chi connectivity index (χ2n) is 4.66. The van der Waals surface area contributed by atoms with Crippen molar-refractivity contribution in [2.45, 2.75) is 33.1 Å². The zero-order chi connectivity index (χ0) is 13.1. The summed E-state index contributed by atoms with van der Waals surface area (Å²) in [4.78, 5) is 13.9. The van der Waals surface area contributed by atoms with Crippen LogP contribution in [0.15, 0.2) is 18.2 Å². The summed E-state index contributed by atoms with van der Waals surface area (Å²) in [5, 5.41) is 8.77. The van der Waals surface area contributed by atoms with E-state index in [1.807, 2.05) is 38.1 Å². The first-order valence-electron chi connectivity index (χ1n) is 6.01. The highest BCUT2D eigenvalue weighted by Crippen LogP contribution is 2.21. The number of nitrogens with zero attached hydrogens (tertiary/aromatic N) is 2. The van der Waals surface area contributed by atoms with Crippen molar-refractivity contribution in [3.05, 3.63) is 34.9 Å². The molecular weight excluding hydrogens is 228 g/mol. The molecule has 1 amide bonds. The van der Waals surface area contributed by atoms with Crippen LogP contribution in [0.5, 0.6) is 0 Å². The molecule has 0 spiro atoms. The summed E-state index contributed by atoms with van der Waals surface area (Å²) in [6.45, 7) is 5.12. The first-order valence-corrected chi connectivity index (χ1v) is 6.01. The molecule has 0 radical (unpaired) electrons. The van der Waals surface area contributed by atoms with Crippen LogP contribution >= 0.6 is 0 Å². The fourth-order valence-electron chi connectivity index (χ4n) is 2.04. The maximum atomic E-state index is 12.3. The molecule has 1 aromatic rings. The van der Waals surface area contributed by atoms with Gasteiger partial charge in [0.1, 0.15) is 6.54 Å². The van der Waals surface area contributed by atoms with Gasteiger partial charge >= 0.3 is 0 Å². The summed E-state index contributed by atoms with van der Waals surface area (Å²) < 4.78 is 5.33. The van der Waals surface area contributed by atoms with Gasteiger partial charge in [0, 0.05) is 11.6 Å². The predicted molar refractivity (Wildman–Crippen MR) is 66.7 cm³/mol. The zero-order valence-electron chi connectivity index (χ0n) is 10.6. The molecule has 2 rings (SSSR count). The molecule has 0 aliphatic carbocycles. The summed E-state index contributed by atoms with van der Waals surface area (Å²) in [5.41, 5.74) is 2.84. The Bertz CT molecular complexity index is 503. The number of carbonyl (C=O) groups is 1. The van der Waals surface area contributed by atoms with E-state index in [0.29, 0.717) is 18.8 Å². The van der Waals surface area contributed by atoms with Crippen molar-refractivity contribution < 1.29 is 9.53 Å². The lowest BCUT2D eigenvalue weighted by molar-refractivity contribution is 0.0731. The summed E-state index contributed by atoms with van der Waals surface area (Å²) in [7, 11) is 0. The Hall–Kier alpha value is -1.86. The molecule has 1 aliphatic rings. The van der Waals surface area contributed by atoms with Gasteiger partial charge in [0.25, 0.3) is 5.91 Å². The second kappa shape index (κ2) is 5.19. The van der Waals surface area contributed by atoms with Crippen LogP contribution in [0.3, 0.4) is 0 Å². The largest absolute Gasteiger partial charge is 0.372 e. The molecule has 0 fully saturated rings. The number of rotatable bonds is 3. The van der Waals surface area contributed by atoms with Crippen molar-refractivity contribution in [2.24, 2.45) is 0 Å². The summed E-state index contributed by atoms with van der Waals surface area (Å²) >= 11 is 0. The van der Waals surface area contributed by atoms with E-state index in [4.69, 9.17) is 10.00 Å². The number of hydrogen-bond donors (Lipinski definition) is 0. The molecule has 4 nitrogen and oxygen atoms in total. The third kappa shape index (κ3) is 2.36. The van der Waals surface area contributed by atoms with Gasteiger partial charge in [-0.2, -0.15) is 5.26 Å². The molecule has 1 aromatic carbocycles. The Kier molecular flexibility index (Phi) is 3.63. The molecule has 1 aliphatic heterocycles. The highest BCUT2D eigenvalue weighted by atomic mass is 16.5. The third-order valence-electron chi connectivity index (χ3n) is 3.09. The molecule has 0 aromatic heterocycles. The van der Waals surface area contributed by atoms with Gasteiger partial charge in [0.2, 0.25) is 0 Å². The fraction of sp³-hybridized carbons (Fsp3) is 0.429. The number of benzene rings is 1. The van der Waals surface area contributed by atoms with Gasteiger partial charge in [0.05, 0.1) is 19.3 Å². The Morgan fingerprint density at radius 2 is 2.17 bits per heavy atom. The van der Waals surface area contributed by atoms with Crippen molar-refractivity contribution in [2.75, 3.05) is 6.54 Å². The highest BCUT2D eigenvalue weighted by molar-refractivity contribution is 5.94. The number of ether oxygens (including phenoxy) is 1. The second-order valence-corrected chi connectivity index (χ2v) is 4.66. The molecule has 0 bridgehead atoms. The number of carbonyl (C=O) groups excluding carboxylic acids is 1. The van der Waals surface area contributed by atoms with Crippen LogP contribution in [0, 0.1) is 11.3 Å². The smallest absolute Gasteiger partial charge is 0.254 e. The van der Waals surface area contributed by atoms with Crippen LogP contribution in [-0.4, -0.2) is 23.4 Å². The standard InChI is InChI=1S/C14H16N2O2/c1-10(2)16(6-5-15)14(17)11-3-4-12-8-18-9-13(12)7-11/h3-4,7,10H,6,8-9H2,1-2H3. The first-order chi connectivity index (χ1) is 8.63. The van der Waals surface area contributed by atoms with Crippen LogP contribution in [-0.2, 0) is 18.0 Å². The molecule has 0 saturated heterocycles. The van der Waals surface area contributed by atoms with Gasteiger partial charge in [-0.3, -0.25) is 4.79 Å². The maximum Gasteiger partial charge on any atom is 0.254 e. The monoisotopic (exact) mass is 244 g/mol. The lowest BCUT2D eigenvalue weighted by Crippen LogP contribution is -2.37. The van der Waals surface area contributed by atoms with E-state index in [1.54, 1.807) is 4.90 Å². The molecule has 1 heterocycles. The van der Waals surface area contributed by atoms with E-state index in [0.717, 1.165) is 11.1 Å². The van der Waals surface area contributed by atoms with E-state index in [2.05, 4.69) is 0 Å². The van der Waals surface area contributed by atoms with E-state index >= 15 is 0 Å². The Morgan fingerprint density at radius 3 is 2.83 bits per heavy atom. The van der Waals surface area contributed by atoms with Crippen molar-refractivity contribution in [3.63, 3.8) is 0 Å². The van der Waals surface area contributed by atoms with E-state index < -0.39 is 0 Å². The van der Waals surface area contributed by atoms with Crippen molar-refractivity contribution in [1.82, 2.24) is 4.90 Å². The molecular formula is C14H16N2O2. The zero-order valence-corrected chi connectivity index (χ0v) is 10.6. The molecule has 4 heteroatoms. The van der Waals surface area contributed by atoms with Crippen LogP contribution in [0.4, 0.5) is 0 Å². The minimum absolute atomic E-state index is 0.0154. The van der Waals surface area contributed by atoms with Gasteiger partial charge in [0.15, 0.2) is 0 Å². The normalized spacial score (nSPS) is 13.2. The van der Waals surface area contributed by atoms with Gasteiger partial charge in [-0.25, -0.2) is 0 Å². The number of fused-ring (bicyclic) bond motifs is 1. The molecule has 94 valence electrons. The Labute approximate surface area is 107 Å². The summed E-state index contributed by atoms with van der Waals surface area (Å²) in [6, 6.07) is 7.66. The first kappa shape index (κ1) is 12.6. The van der Waals surface area contributed by atoms with Crippen molar-refractivity contribution in [3.8, 4) is 6.07 Å². The fourth-order valence-corrected chi connectivity index (χ4v) is 2.04. The summed E-state index contributed by atoms with van der Waals surface area (Å²) in [5.74, 6) is -0.0961. The van der Waals surface area contributed by atoms with E-state index in [1.165, 1.54) is 0 Å². The molecule has 18 heavy (non-hydrogen) atoms. The van der Waals surface area contributed by atoms with Crippen molar-refractivity contribution in [1.29, 1.82) is 5.26 Å². The molecule has 0 N–H and O–H groups in total. The van der Waals surface area contributed by atoms with Gasteiger partial charge < -0.3 is 9.64 Å². The van der Waals surface area contributed by atoms with Gasteiger partial charge in [-0.15, -0.1) is 0 Å². The Morgan fingerprint density at radius 1 is 1.44 bits per heavy atom. The van der Waals surface area contributed by atoms with Gasteiger partial charge in [-0.1, -0.05) is 6.07 Å². The average molecular weight is 244 g/mol. The van der Waals surface area contributed by atoms with Crippen LogP contribution < -0.4 is 0 Å². The van der Waals surface area contributed by atoms with E-state index in [-0.39, 0.29) is 18.5 Å². The maximum absolute atomic E-state index is 12.3. The van der Waals surface area contributed by atoms with Crippen LogP contribution in [0.2, 0.25) is 0 Å². The molecule has 0 unspecified atom stereocenters. The highest BCUT2D eigenvalue weighted by Gasteiger charge is 2.20. The van der Waals surface area contributed by atoms with Crippen LogP contribution in [0.1, 0.15) is 35.3 Å². The average Bonchev–Trinajstić information content (AvgIpc) is 2.81. The topological polar surface area (TPSA) is 53.3 Å². The van der Waals surface area contributed by atoms with Crippen LogP contribution in [0.25, 0.3) is 0 Å². The predicted octanol–water partition coefficient (Wildman–Crippen LogP) is 2.09. The number of nitriles is 1. The number of amides is 1. The lowest BCUT2D eigenvalue weighted by atomic mass is 10.1. The van der Waals surface area contributed by atoms with E-state index in [9.17, 15) is 4.79 Å². The SMILES string of the molecule is CC(C)N(CC#N)C(=O)c1ccc2c(c1)COC2. The minimum atomic E-state index is -0.0961. The third-order valence-corrected chi connectivity index (χ3v) is 3.09. The lowest BCUT2D eigenvalue weighted by Gasteiger charge is -2.24. The van der Waals surface area contributed by atoms with Crippen molar-refractivity contribution >= 4 is 5.91 Å². The molecule has 0 atom stereocenters. The summed E-state index contributed by atoms with van der Waals surface area (Å²) in [6.07, 6.45) is 0.